The summed E-state index contributed by atoms with van der Waals surface area (Å²) >= 11 is 5.89. The first kappa shape index (κ1) is 15.2. The summed E-state index contributed by atoms with van der Waals surface area (Å²) in [6.07, 6.45) is 1.62. The number of nitrogens with zero attached hydrogens (tertiary/aromatic N) is 2. The molecule has 0 fully saturated rings. The molecule has 23 heavy (non-hydrogen) atoms. The van der Waals surface area contributed by atoms with Gasteiger partial charge in [-0.2, -0.15) is 0 Å². The van der Waals surface area contributed by atoms with Crippen molar-refractivity contribution < 1.29 is 4.79 Å². The van der Waals surface area contributed by atoms with E-state index in [-0.39, 0.29) is 11.1 Å². The third-order valence-electron chi connectivity index (χ3n) is 3.57. The number of hydrogen-bond acceptors (Lipinski definition) is 3. The zero-order valence-electron chi connectivity index (χ0n) is 12.4. The van der Waals surface area contributed by atoms with E-state index in [2.05, 4.69) is 10.3 Å². The summed E-state index contributed by atoms with van der Waals surface area (Å²) in [5.74, 6) is -0.411. The zero-order chi connectivity index (χ0) is 16.4. The molecule has 116 valence electrons. The SMILES string of the molecule is CNC(=O)c1cc2cccnc2n(Cc2ccc(Cl)cc2)c1=O. The minimum absolute atomic E-state index is 0.0990. The molecular weight excluding hydrogens is 314 g/mol. The topological polar surface area (TPSA) is 64.0 Å². The maximum absolute atomic E-state index is 12.7. The number of halogens is 1. The van der Waals surface area contributed by atoms with Crippen molar-refractivity contribution in [2.75, 3.05) is 7.05 Å². The summed E-state index contributed by atoms with van der Waals surface area (Å²) in [7, 11) is 1.50. The Labute approximate surface area is 137 Å². The lowest BCUT2D eigenvalue weighted by Gasteiger charge is -2.12. The van der Waals surface area contributed by atoms with Gasteiger partial charge in [0.1, 0.15) is 11.2 Å². The lowest BCUT2D eigenvalue weighted by atomic mass is 10.1. The van der Waals surface area contributed by atoms with Crippen molar-refractivity contribution in [2.45, 2.75) is 6.54 Å². The summed E-state index contributed by atoms with van der Waals surface area (Å²) in [5.41, 5.74) is 1.17. The van der Waals surface area contributed by atoms with Gasteiger partial charge in [-0.1, -0.05) is 23.7 Å². The molecule has 0 aliphatic heterocycles. The molecule has 0 saturated heterocycles. The van der Waals surface area contributed by atoms with Gasteiger partial charge in [-0.15, -0.1) is 0 Å². The fourth-order valence-electron chi connectivity index (χ4n) is 2.42. The number of carbonyl (C=O) groups is 1. The maximum atomic E-state index is 12.7. The van der Waals surface area contributed by atoms with Crippen LogP contribution in [0, 0.1) is 0 Å². The molecule has 1 amide bonds. The highest BCUT2D eigenvalue weighted by atomic mass is 35.5. The third-order valence-corrected chi connectivity index (χ3v) is 3.83. The minimum atomic E-state index is -0.411. The predicted molar refractivity (Wildman–Crippen MR) is 89.9 cm³/mol. The van der Waals surface area contributed by atoms with Crippen LogP contribution in [0.15, 0.2) is 53.5 Å². The number of carbonyl (C=O) groups excluding carboxylic acids is 1. The lowest BCUT2D eigenvalue weighted by molar-refractivity contribution is 0.0961. The van der Waals surface area contributed by atoms with Crippen LogP contribution in [0.25, 0.3) is 11.0 Å². The Morgan fingerprint density at radius 1 is 1.26 bits per heavy atom. The van der Waals surface area contributed by atoms with E-state index in [1.807, 2.05) is 18.2 Å². The van der Waals surface area contributed by atoms with Crippen LogP contribution >= 0.6 is 11.6 Å². The van der Waals surface area contributed by atoms with Crippen molar-refractivity contribution in [3.63, 3.8) is 0 Å². The molecular formula is C17H14ClN3O2. The van der Waals surface area contributed by atoms with Gasteiger partial charge in [0, 0.05) is 23.7 Å². The molecule has 0 bridgehead atoms. The van der Waals surface area contributed by atoms with Crippen molar-refractivity contribution >= 4 is 28.5 Å². The number of pyridine rings is 2. The molecule has 0 unspecified atom stereocenters. The highest BCUT2D eigenvalue weighted by Gasteiger charge is 2.15. The normalized spacial score (nSPS) is 10.7. The molecule has 0 spiro atoms. The fourth-order valence-corrected chi connectivity index (χ4v) is 2.55. The summed E-state index contributed by atoms with van der Waals surface area (Å²) in [5, 5.41) is 3.86. The first-order chi connectivity index (χ1) is 11.1. The Bertz CT molecular complexity index is 933. The molecule has 3 aromatic rings. The number of aromatic nitrogens is 2. The fraction of sp³-hybridized carbons (Fsp3) is 0.118. The second kappa shape index (κ2) is 6.22. The predicted octanol–water partition coefficient (Wildman–Crippen LogP) is 2.46. The molecule has 6 heteroatoms. The highest BCUT2D eigenvalue weighted by Crippen LogP contribution is 2.14. The van der Waals surface area contributed by atoms with Gasteiger partial charge in [0.15, 0.2) is 0 Å². The van der Waals surface area contributed by atoms with E-state index in [0.29, 0.717) is 17.2 Å². The number of hydrogen-bond donors (Lipinski definition) is 1. The van der Waals surface area contributed by atoms with Gasteiger partial charge >= 0.3 is 0 Å². The Kier molecular flexibility index (Phi) is 4.12. The third kappa shape index (κ3) is 2.96. The first-order valence-corrected chi connectivity index (χ1v) is 7.43. The average Bonchev–Trinajstić information content (AvgIpc) is 2.58. The minimum Gasteiger partial charge on any atom is -0.355 e. The van der Waals surface area contributed by atoms with E-state index in [0.717, 1.165) is 10.9 Å². The van der Waals surface area contributed by atoms with Gasteiger partial charge in [-0.3, -0.25) is 14.2 Å². The highest BCUT2D eigenvalue weighted by molar-refractivity contribution is 6.30. The van der Waals surface area contributed by atoms with Gasteiger partial charge in [0.2, 0.25) is 0 Å². The lowest BCUT2D eigenvalue weighted by Crippen LogP contribution is -2.32. The van der Waals surface area contributed by atoms with E-state index >= 15 is 0 Å². The van der Waals surface area contributed by atoms with Gasteiger partial charge in [0.25, 0.3) is 11.5 Å². The first-order valence-electron chi connectivity index (χ1n) is 7.05. The van der Waals surface area contributed by atoms with Crippen LogP contribution in [0.2, 0.25) is 5.02 Å². The number of rotatable bonds is 3. The van der Waals surface area contributed by atoms with E-state index in [4.69, 9.17) is 11.6 Å². The Balaban J connectivity index is 2.20. The molecule has 0 aliphatic carbocycles. The van der Waals surface area contributed by atoms with E-state index in [1.54, 1.807) is 30.5 Å². The molecule has 0 aliphatic rings. The van der Waals surface area contributed by atoms with Gasteiger partial charge in [-0.25, -0.2) is 4.98 Å². The van der Waals surface area contributed by atoms with Crippen molar-refractivity contribution in [2.24, 2.45) is 0 Å². The standard InChI is InChI=1S/C17H14ClN3O2/c1-19-16(22)14-9-12-3-2-8-20-15(12)21(17(14)23)10-11-4-6-13(18)7-5-11/h2-9H,10H2,1H3,(H,19,22). The van der Waals surface area contributed by atoms with Crippen molar-refractivity contribution in [1.82, 2.24) is 14.9 Å². The molecule has 0 radical (unpaired) electrons. The van der Waals surface area contributed by atoms with Crippen LogP contribution in [-0.2, 0) is 6.54 Å². The van der Waals surface area contributed by atoms with E-state index in [1.165, 1.54) is 11.6 Å². The molecule has 0 atom stereocenters. The van der Waals surface area contributed by atoms with Crippen LogP contribution < -0.4 is 10.9 Å². The molecule has 1 aromatic carbocycles. The van der Waals surface area contributed by atoms with Crippen LogP contribution in [0.1, 0.15) is 15.9 Å². The van der Waals surface area contributed by atoms with Crippen molar-refractivity contribution in [3.8, 4) is 0 Å². The smallest absolute Gasteiger partial charge is 0.265 e. The molecule has 3 rings (SSSR count). The van der Waals surface area contributed by atoms with Crippen LogP contribution in [0.5, 0.6) is 0 Å². The molecule has 0 saturated carbocycles. The molecule has 1 N–H and O–H groups in total. The molecule has 2 aromatic heterocycles. The van der Waals surface area contributed by atoms with Gasteiger partial charge < -0.3 is 5.32 Å². The summed E-state index contributed by atoms with van der Waals surface area (Å²) in [4.78, 5) is 28.9. The summed E-state index contributed by atoms with van der Waals surface area (Å²) < 4.78 is 1.50. The van der Waals surface area contributed by atoms with E-state index in [9.17, 15) is 9.59 Å². The van der Waals surface area contributed by atoms with Crippen LogP contribution in [0.4, 0.5) is 0 Å². The van der Waals surface area contributed by atoms with Gasteiger partial charge in [-0.05, 0) is 35.9 Å². The Morgan fingerprint density at radius 3 is 2.70 bits per heavy atom. The number of nitrogens with one attached hydrogen (secondary N) is 1. The Morgan fingerprint density at radius 2 is 2.00 bits per heavy atom. The maximum Gasteiger partial charge on any atom is 0.265 e. The second-order valence-electron chi connectivity index (χ2n) is 5.07. The monoisotopic (exact) mass is 327 g/mol. The van der Waals surface area contributed by atoms with Crippen molar-refractivity contribution in [1.29, 1.82) is 0 Å². The Hall–Kier alpha value is -2.66. The van der Waals surface area contributed by atoms with Crippen LogP contribution in [0.3, 0.4) is 0 Å². The number of amides is 1. The van der Waals surface area contributed by atoms with E-state index < -0.39 is 5.91 Å². The average molecular weight is 328 g/mol. The summed E-state index contributed by atoms with van der Waals surface area (Å²) in [6.45, 7) is 0.314. The van der Waals surface area contributed by atoms with Gasteiger partial charge in [0.05, 0.1) is 6.54 Å². The quantitative estimate of drug-likeness (QED) is 0.803. The summed E-state index contributed by atoms with van der Waals surface area (Å²) in [6, 6.07) is 12.4. The molecule has 2 heterocycles. The largest absolute Gasteiger partial charge is 0.355 e. The van der Waals surface area contributed by atoms with Crippen molar-refractivity contribution in [3.05, 3.63) is 75.2 Å². The second-order valence-corrected chi connectivity index (χ2v) is 5.51. The number of fused-ring (bicyclic) bond motifs is 1. The molecule has 5 nitrogen and oxygen atoms in total. The zero-order valence-corrected chi connectivity index (χ0v) is 13.2. The van der Waals surface area contributed by atoms with Crippen LogP contribution in [-0.4, -0.2) is 22.5 Å². The number of benzene rings is 1.